The maximum Gasteiger partial charge on any atom is 0.342 e. The molecule has 28 heavy (non-hydrogen) atoms. The van der Waals surface area contributed by atoms with E-state index in [1.54, 1.807) is 36.9 Å². The molecule has 0 bridgehead atoms. The van der Waals surface area contributed by atoms with Gasteiger partial charge in [-0.05, 0) is 44.2 Å². The van der Waals surface area contributed by atoms with E-state index in [-0.39, 0.29) is 12.4 Å². The summed E-state index contributed by atoms with van der Waals surface area (Å²) in [7, 11) is 0. The fraction of sp³-hybridized carbons (Fsp3) is 0.136. The molecule has 0 atom stereocenters. The Balaban J connectivity index is 1.59. The lowest BCUT2D eigenvalue weighted by atomic mass is 10.1. The van der Waals surface area contributed by atoms with Gasteiger partial charge in [0.1, 0.15) is 18.0 Å². The Bertz CT molecular complexity index is 1160. The van der Waals surface area contributed by atoms with Crippen molar-refractivity contribution in [2.24, 2.45) is 0 Å². The van der Waals surface area contributed by atoms with Crippen LogP contribution in [0.5, 0.6) is 0 Å². The normalized spacial score (nSPS) is 11.0. The quantitative estimate of drug-likeness (QED) is 0.492. The summed E-state index contributed by atoms with van der Waals surface area (Å²) < 4.78 is 20.4. The third-order valence-electron chi connectivity index (χ3n) is 4.64. The van der Waals surface area contributed by atoms with Crippen LogP contribution in [-0.4, -0.2) is 20.7 Å². The highest BCUT2D eigenvalue weighted by Gasteiger charge is 2.21. The summed E-state index contributed by atoms with van der Waals surface area (Å²) in [6.07, 6.45) is 1.72. The summed E-state index contributed by atoms with van der Waals surface area (Å²) in [5.41, 5.74) is 3.95. The number of carbonyl (C=O) groups is 1. The van der Waals surface area contributed by atoms with Gasteiger partial charge < -0.3 is 4.74 Å². The zero-order valence-electron chi connectivity index (χ0n) is 15.5. The molecule has 0 aliphatic heterocycles. The van der Waals surface area contributed by atoms with E-state index in [0.29, 0.717) is 22.6 Å². The molecule has 4 rings (SSSR count). The summed E-state index contributed by atoms with van der Waals surface area (Å²) in [5.74, 6) is -0.773. The van der Waals surface area contributed by atoms with Gasteiger partial charge in [-0.15, -0.1) is 0 Å². The van der Waals surface area contributed by atoms with Gasteiger partial charge in [0.15, 0.2) is 0 Å². The van der Waals surface area contributed by atoms with Crippen molar-refractivity contribution in [3.05, 3.63) is 89.1 Å². The molecule has 0 aliphatic rings. The first-order valence-electron chi connectivity index (χ1n) is 8.86. The van der Waals surface area contributed by atoms with Crippen molar-refractivity contribution in [3.8, 4) is 5.69 Å². The molecule has 0 unspecified atom stereocenters. The van der Waals surface area contributed by atoms with Crippen molar-refractivity contribution in [2.75, 3.05) is 0 Å². The first kappa shape index (κ1) is 17.9. The number of benzene rings is 2. The first-order valence-corrected chi connectivity index (χ1v) is 8.86. The number of rotatable bonds is 4. The topological polar surface area (TPSA) is 57.0 Å². The summed E-state index contributed by atoms with van der Waals surface area (Å²) in [6, 6.07) is 15.6. The minimum atomic E-state index is -0.448. The second-order valence-electron chi connectivity index (χ2n) is 6.50. The second-order valence-corrected chi connectivity index (χ2v) is 6.50. The molecule has 0 amide bonds. The predicted octanol–water partition coefficient (Wildman–Crippen LogP) is 4.53. The lowest BCUT2D eigenvalue weighted by molar-refractivity contribution is 0.0472. The standard InChI is InChI=1S/C22H18FN3O2/c1-14-20(15(2)26(25-14)19-10-8-18(23)9-11-19)22(27)28-13-17-6-3-5-16-7-4-12-24-21(16)17/h3-12H,13H2,1-2H3. The number of ether oxygens (including phenoxy) is 1. The molecule has 6 heteroatoms. The maximum absolute atomic E-state index is 13.2. The number of esters is 1. The van der Waals surface area contributed by atoms with Crippen molar-refractivity contribution < 1.29 is 13.9 Å². The smallest absolute Gasteiger partial charge is 0.342 e. The number of carbonyl (C=O) groups excluding carboxylic acids is 1. The summed E-state index contributed by atoms with van der Waals surface area (Å²) >= 11 is 0. The number of hydrogen-bond acceptors (Lipinski definition) is 4. The molecular weight excluding hydrogens is 357 g/mol. The van der Waals surface area contributed by atoms with Gasteiger partial charge in [0, 0.05) is 17.1 Å². The number of aryl methyl sites for hydroxylation is 1. The predicted molar refractivity (Wildman–Crippen MR) is 104 cm³/mol. The SMILES string of the molecule is Cc1nn(-c2ccc(F)cc2)c(C)c1C(=O)OCc1cccc2cccnc12. The van der Waals surface area contributed by atoms with Crippen LogP contribution in [0, 0.1) is 19.7 Å². The maximum atomic E-state index is 13.2. The number of para-hydroxylation sites is 1. The van der Waals surface area contributed by atoms with Crippen LogP contribution in [-0.2, 0) is 11.3 Å². The molecule has 0 aliphatic carbocycles. The van der Waals surface area contributed by atoms with E-state index in [0.717, 1.165) is 16.5 Å². The molecule has 4 aromatic rings. The molecular formula is C22H18FN3O2. The Morgan fingerprint density at radius 1 is 1.07 bits per heavy atom. The Hall–Kier alpha value is -3.54. The molecule has 2 aromatic carbocycles. The third-order valence-corrected chi connectivity index (χ3v) is 4.64. The van der Waals surface area contributed by atoms with Crippen molar-refractivity contribution in [1.82, 2.24) is 14.8 Å². The van der Waals surface area contributed by atoms with E-state index < -0.39 is 5.97 Å². The minimum absolute atomic E-state index is 0.119. The first-order chi connectivity index (χ1) is 13.5. The number of nitrogens with zero attached hydrogens (tertiary/aromatic N) is 3. The monoisotopic (exact) mass is 375 g/mol. The van der Waals surface area contributed by atoms with E-state index in [4.69, 9.17) is 4.74 Å². The molecule has 140 valence electrons. The van der Waals surface area contributed by atoms with E-state index in [1.807, 2.05) is 30.3 Å². The summed E-state index contributed by atoms with van der Waals surface area (Å²) in [6.45, 7) is 3.66. The highest BCUT2D eigenvalue weighted by Crippen LogP contribution is 2.21. The molecule has 2 heterocycles. The van der Waals surface area contributed by atoms with E-state index in [1.165, 1.54) is 12.1 Å². The fourth-order valence-electron chi connectivity index (χ4n) is 3.27. The summed E-state index contributed by atoms with van der Waals surface area (Å²) in [4.78, 5) is 17.1. The van der Waals surface area contributed by atoms with Crippen molar-refractivity contribution >= 4 is 16.9 Å². The Morgan fingerprint density at radius 2 is 1.82 bits per heavy atom. The van der Waals surface area contributed by atoms with Crippen LogP contribution in [0.3, 0.4) is 0 Å². The van der Waals surface area contributed by atoms with Gasteiger partial charge in [-0.3, -0.25) is 4.98 Å². The Kier molecular flexibility index (Phi) is 4.61. The average Bonchev–Trinajstić information content (AvgIpc) is 3.01. The van der Waals surface area contributed by atoms with Crippen molar-refractivity contribution in [3.63, 3.8) is 0 Å². The van der Waals surface area contributed by atoms with E-state index in [2.05, 4.69) is 10.1 Å². The van der Waals surface area contributed by atoms with Crippen LogP contribution >= 0.6 is 0 Å². The van der Waals surface area contributed by atoms with Crippen LogP contribution in [0.2, 0.25) is 0 Å². The fourth-order valence-corrected chi connectivity index (χ4v) is 3.27. The van der Waals surface area contributed by atoms with Gasteiger partial charge in [-0.2, -0.15) is 5.10 Å². The third kappa shape index (κ3) is 3.24. The highest BCUT2D eigenvalue weighted by molar-refractivity contribution is 5.92. The van der Waals surface area contributed by atoms with Gasteiger partial charge in [-0.25, -0.2) is 13.9 Å². The summed E-state index contributed by atoms with van der Waals surface area (Å²) in [5, 5.41) is 5.41. The van der Waals surface area contributed by atoms with Gasteiger partial charge in [0.2, 0.25) is 0 Å². The molecule has 0 spiro atoms. The van der Waals surface area contributed by atoms with Crippen LogP contribution in [0.1, 0.15) is 27.3 Å². The zero-order valence-corrected chi connectivity index (χ0v) is 15.5. The minimum Gasteiger partial charge on any atom is -0.457 e. The Morgan fingerprint density at radius 3 is 2.61 bits per heavy atom. The van der Waals surface area contributed by atoms with Gasteiger partial charge in [-0.1, -0.05) is 24.3 Å². The number of hydrogen-bond donors (Lipinski definition) is 0. The number of halogens is 1. The number of pyridine rings is 1. The van der Waals surface area contributed by atoms with E-state index >= 15 is 0 Å². The highest BCUT2D eigenvalue weighted by atomic mass is 19.1. The van der Waals surface area contributed by atoms with Crippen LogP contribution in [0.15, 0.2) is 60.8 Å². The molecule has 2 aromatic heterocycles. The lowest BCUT2D eigenvalue weighted by Crippen LogP contribution is -2.08. The average molecular weight is 375 g/mol. The largest absolute Gasteiger partial charge is 0.457 e. The molecule has 0 radical (unpaired) electrons. The van der Waals surface area contributed by atoms with Gasteiger partial charge >= 0.3 is 5.97 Å². The van der Waals surface area contributed by atoms with Crippen molar-refractivity contribution in [1.29, 1.82) is 0 Å². The molecule has 0 saturated heterocycles. The van der Waals surface area contributed by atoms with Crippen LogP contribution < -0.4 is 0 Å². The van der Waals surface area contributed by atoms with Gasteiger partial charge in [0.25, 0.3) is 0 Å². The Labute approximate surface area is 161 Å². The second kappa shape index (κ2) is 7.23. The molecule has 0 fully saturated rings. The molecule has 0 N–H and O–H groups in total. The van der Waals surface area contributed by atoms with E-state index in [9.17, 15) is 9.18 Å². The molecule has 0 saturated carbocycles. The van der Waals surface area contributed by atoms with Crippen molar-refractivity contribution in [2.45, 2.75) is 20.5 Å². The zero-order chi connectivity index (χ0) is 19.7. The van der Waals surface area contributed by atoms with Crippen LogP contribution in [0.25, 0.3) is 16.6 Å². The van der Waals surface area contributed by atoms with Crippen LogP contribution in [0.4, 0.5) is 4.39 Å². The number of aromatic nitrogens is 3. The molecule has 5 nitrogen and oxygen atoms in total. The van der Waals surface area contributed by atoms with Gasteiger partial charge in [0.05, 0.1) is 22.6 Å². The number of fused-ring (bicyclic) bond motifs is 1. The lowest BCUT2D eigenvalue weighted by Gasteiger charge is -2.08.